The zero-order valence-electron chi connectivity index (χ0n) is 17.9. The van der Waals surface area contributed by atoms with Crippen LogP contribution in [0.15, 0.2) is 36.5 Å². The van der Waals surface area contributed by atoms with Crippen molar-refractivity contribution in [2.24, 2.45) is 0 Å². The van der Waals surface area contributed by atoms with Gasteiger partial charge in [0.1, 0.15) is 11.8 Å². The van der Waals surface area contributed by atoms with E-state index in [1.54, 1.807) is 6.20 Å². The number of ether oxygens (including phenoxy) is 1. The van der Waals surface area contributed by atoms with Crippen molar-refractivity contribution < 1.29 is 4.74 Å². The first-order chi connectivity index (χ1) is 14.9. The largest absolute Gasteiger partial charge is 0.493 e. The number of nitriles is 1. The quantitative estimate of drug-likeness (QED) is 0.391. The number of aromatic amines is 1. The molecule has 0 amide bonds. The van der Waals surface area contributed by atoms with E-state index in [1.165, 1.54) is 0 Å². The molecule has 0 atom stereocenters. The summed E-state index contributed by atoms with van der Waals surface area (Å²) in [5, 5.41) is 13.9. The van der Waals surface area contributed by atoms with E-state index >= 15 is 0 Å². The Morgan fingerprint density at radius 2 is 2.06 bits per heavy atom. The minimum Gasteiger partial charge on any atom is -0.493 e. The van der Waals surface area contributed by atoms with Crippen LogP contribution >= 0.6 is 0 Å². The molecule has 8 heteroatoms. The fourth-order valence-electron chi connectivity index (χ4n) is 3.52. The number of H-pyrrole nitrogens is 1. The van der Waals surface area contributed by atoms with Crippen LogP contribution in [0.2, 0.25) is 0 Å². The van der Waals surface area contributed by atoms with Crippen LogP contribution < -0.4 is 15.8 Å². The highest BCUT2D eigenvalue weighted by Gasteiger charge is 2.13. The fraction of sp³-hybridized carbons (Fsp3) is 0.261. The Morgan fingerprint density at radius 1 is 1.23 bits per heavy atom. The highest BCUT2D eigenvalue weighted by molar-refractivity contribution is 5.97. The van der Waals surface area contributed by atoms with E-state index in [2.05, 4.69) is 31.2 Å². The van der Waals surface area contributed by atoms with Crippen molar-refractivity contribution in [2.45, 2.75) is 13.3 Å². The molecular weight excluding hydrogens is 390 g/mol. The fourth-order valence-corrected chi connectivity index (χ4v) is 3.52. The molecule has 0 aliphatic rings. The number of benzene rings is 2. The second-order valence-electron chi connectivity index (χ2n) is 7.78. The summed E-state index contributed by atoms with van der Waals surface area (Å²) in [6, 6.07) is 11.9. The summed E-state index contributed by atoms with van der Waals surface area (Å²) in [5.74, 6) is 1.18. The van der Waals surface area contributed by atoms with Crippen molar-refractivity contribution in [3.63, 3.8) is 0 Å². The number of nitrogens with two attached hydrogens (primary N) is 1. The predicted molar refractivity (Wildman–Crippen MR) is 124 cm³/mol. The van der Waals surface area contributed by atoms with Gasteiger partial charge in [-0.1, -0.05) is 0 Å². The number of anilines is 3. The predicted octanol–water partition coefficient (Wildman–Crippen LogP) is 3.95. The van der Waals surface area contributed by atoms with Crippen molar-refractivity contribution in [1.82, 2.24) is 19.9 Å². The maximum atomic E-state index is 9.65. The summed E-state index contributed by atoms with van der Waals surface area (Å²) in [6.45, 7) is 3.61. The van der Waals surface area contributed by atoms with Gasteiger partial charge in [0, 0.05) is 29.9 Å². The number of fused-ring (bicyclic) bond motifs is 2. The first-order valence-electron chi connectivity index (χ1n) is 10.1. The summed E-state index contributed by atoms with van der Waals surface area (Å²) >= 11 is 0. The number of hydrogen-bond acceptors (Lipinski definition) is 7. The second kappa shape index (κ2) is 8.50. The second-order valence-corrected chi connectivity index (χ2v) is 7.78. The van der Waals surface area contributed by atoms with Crippen LogP contribution in [-0.2, 0) is 0 Å². The molecule has 2 aromatic heterocycles. The van der Waals surface area contributed by atoms with Gasteiger partial charge in [-0.05, 0) is 57.3 Å². The van der Waals surface area contributed by atoms with Crippen LogP contribution in [0.5, 0.6) is 5.75 Å². The molecular formula is C23H25N7O. The standard InChI is InChI=1S/C23H25N7O/c1-14-9-17-19(11-21(14)31-8-4-7-30(2)3)26-13-15(12-24)22(17)27-16-5-6-18-20(10-16)29-23(25)28-18/h5-6,9-11,13H,4,7-8H2,1-3H3,(H,26,27)(H3,25,28,29). The molecule has 2 heterocycles. The summed E-state index contributed by atoms with van der Waals surface area (Å²) in [7, 11) is 4.09. The van der Waals surface area contributed by atoms with Crippen LogP contribution in [0, 0.1) is 18.3 Å². The van der Waals surface area contributed by atoms with Crippen molar-refractivity contribution in [1.29, 1.82) is 5.26 Å². The maximum absolute atomic E-state index is 9.65. The lowest BCUT2D eigenvalue weighted by atomic mass is 10.1. The number of hydrogen-bond donors (Lipinski definition) is 3. The van der Waals surface area contributed by atoms with E-state index in [4.69, 9.17) is 10.5 Å². The molecule has 0 fully saturated rings. The monoisotopic (exact) mass is 415 g/mol. The van der Waals surface area contributed by atoms with Gasteiger partial charge in [-0.3, -0.25) is 4.98 Å². The number of nitrogen functional groups attached to an aromatic ring is 1. The van der Waals surface area contributed by atoms with Crippen molar-refractivity contribution in [2.75, 3.05) is 38.3 Å². The summed E-state index contributed by atoms with van der Waals surface area (Å²) in [5.41, 5.74) is 11.1. The van der Waals surface area contributed by atoms with Crippen LogP contribution in [0.3, 0.4) is 0 Å². The van der Waals surface area contributed by atoms with E-state index in [1.807, 2.05) is 51.4 Å². The van der Waals surface area contributed by atoms with Crippen LogP contribution in [0.1, 0.15) is 17.5 Å². The Morgan fingerprint density at radius 3 is 2.84 bits per heavy atom. The molecule has 0 radical (unpaired) electrons. The van der Waals surface area contributed by atoms with E-state index in [9.17, 15) is 5.26 Å². The van der Waals surface area contributed by atoms with Gasteiger partial charge in [-0.2, -0.15) is 5.26 Å². The maximum Gasteiger partial charge on any atom is 0.198 e. The Labute approximate surface area is 180 Å². The number of imidazole rings is 1. The number of nitrogens with zero attached hydrogens (tertiary/aromatic N) is 4. The molecule has 4 aromatic rings. The Kier molecular flexibility index (Phi) is 5.60. The molecule has 0 unspecified atom stereocenters. The zero-order chi connectivity index (χ0) is 22.0. The van der Waals surface area contributed by atoms with E-state index in [0.29, 0.717) is 23.8 Å². The van der Waals surface area contributed by atoms with E-state index in [0.717, 1.165) is 51.9 Å². The lowest BCUT2D eigenvalue weighted by molar-refractivity contribution is 0.280. The zero-order valence-corrected chi connectivity index (χ0v) is 17.9. The molecule has 0 aliphatic carbocycles. The summed E-state index contributed by atoms with van der Waals surface area (Å²) in [4.78, 5) is 13.9. The minimum atomic E-state index is 0.368. The Bertz CT molecular complexity index is 1290. The third-order valence-electron chi connectivity index (χ3n) is 5.06. The van der Waals surface area contributed by atoms with Gasteiger partial charge in [0.15, 0.2) is 5.95 Å². The third-order valence-corrected chi connectivity index (χ3v) is 5.06. The summed E-state index contributed by atoms with van der Waals surface area (Å²) in [6.07, 6.45) is 2.53. The average Bonchev–Trinajstić information content (AvgIpc) is 3.11. The molecule has 0 saturated carbocycles. The topological polar surface area (TPSA) is 116 Å². The van der Waals surface area contributed by atoms with Gasteiger partial charge in [0.05, 0.1) is 34.4 Å². The SMILES string of the molecule is Cc1cc2c(Nc3ccc4nc(N)[nH]c4c3)c(C#N)cnc2cc1OCCCN(C)C. The van der Waals surface area contributed by atoms with Gasteiger partial charge < -0.3 is 25.7 Å². The van der Waals surface area contributed by atoms with Gasteiger partial charge in [0.2, 0.25) is 0 Å². The molecule has 0 saturated heterocycles. The normalized spacial score (nSPS) is 11.2. The van der Waals surface area contributed by atoms with Crippen molar-refractivity contribution >= 4 is 39.3 Å². The van der Waals surface area contributed by atoms with Gasteiger partial charge >= 0.3 is 0 Å². The molecule has 4 N–H and O–H groups in total. The first-order valence-corrected chi connectivity index (χ1v) is 10.1. The lowest BCUT2D eigenvalue weighted by Gasteiger charge is -2.15. The molecule has 0 bridgehead atoms. The molecule has 8 nitrogen and oxygen atoms in total. The van der Waals surface area contributed by atoms with Crippen molar-refractivity contribution in [3.8, 4) is 11.8 Å². The Balaban J connectivity index is 1.67. The Hall–Kier alpha value is -3.83. The third kappa shape index (κ3) is 4.37. The molecule has 4 rings (SSSR count). The number of aryl methyl sites for hydroxylation is 1. The van der Waals surface area contributed by atoms with E-state index < -0.39 is 0 Å². The number of aromatic nitrogens is 3. The van der Waals surface area contributed by atoms with Gasteiger partial charge in [0.25, 0.3) is 0 Å². The smallest absolute Gasteiger partial charge is 0.198 e. The van der Waals surface area contributed by atoms with E-state index in [-0.39, 0.29) is 0 Å². The molecule has 2 aromatic carbocycles. The first kappa shape index (κ1) is 20.4. The minimum absolute atomic E-state index is 0.368. The lowest BCUT2D eigenvalue weighted by Crippen LogP contribution is -2.15. The van der Waals surface area contributed by atoms with Crippen LogP contribution in [-0.4, -0.2) is 47.1 Å². The number of rotatable bonds is 7. The average molecular weight is 416 g/mol. The van der Waals surface area contributed by atoms with Gasteiger partial charge in [-0.15, -0.1) is 0 Å². The molecule has 158 valence electrons. The van der Waals surface area contributed by atoms with Crippen LogP contribution in [0.4, 0.5) is 17.3 Å². The molecule has 0 spiro atoms. The molecule has 0 aliphatic heterocycles. The highest BCUT2D eigenvalue weighted by atomic mass is 16.5. The number of nitrogens with one attached hydrogen (secondary N) is 2. The summed E-state index contributed by atoms with van der Waals surface area (Å²) < 4.78 is 5.99. The molecule has 31 heavy (non-hydrogen) atoms. The van der Waals surface area contributed by atoms with Gasteiger partial charge in [-0.25, -0.2) is 4.98 Å². The van der Waals surface area contributed by atoms with Crippen LogP contribution in [0.25, 0.3) is 21.9 Å². The number of pyridine rings is 1. The van der Waals surface area contributed by atoms with Crippen molar-refractivity contribution in [3.05, 3.63) is 47.7 Å². The highest BCUT2D eigenvalue weighted by Crippen LogP contribution is 2.33.